The summed E-state index contributed by atoms with van der Waals surface area (Å²) in [5, 5.41) is 9.36. The van der Waals surface area contributed by atoms with E-state index >= 15 is 0 Å². The van der Waals surface area contributed by atoms with E-state index in [1.165, 1.54) is 0 Å². The number of methoxy groups -OCH3 is 1. The van der Waals surface area contributed by atoms with Crippen LogP contribution in [0.3, 0.4) is 0 Å². The first-order chi connectivity index (χ1) is 6.92. The van der Waals surface area contributed by atoms with Crippen molar-refractivity contribution in [2.75, 3.05) is 13.7 Å². The van der Waals surface area contributed by atoms with Crippen molar-refractivity contribution >= 4 is 31.9 Å². The Morgan fingerprint density at radius 2 is 1.93 bits per heavy atom. The Kier molecular flexibility index (Phi) is 4.20. The van der Waals surface area contributed by atoms with Gasteiger partial charge in [0.2, 0.25) is 0 Å². The molecule has 0 atom stereocenters. The number of aliphatic hydroxyl groups excluding tert-OH is 1. The highest BCUT2D eigenvalue weighted by atomic mass is 79.9. The topological polar surface area (TPSA) is 29.5 Å². The highest BCUT2D eigenvalue weighted by Gasteiger charge is 2.25. The van der Waals surface area contributed by atoms with Gasteiger partial charge in [0.25, 0.3) is 0 Å². The van der Waals surface area contributed by atoms with Gasteiger partial charge in [-0.3, -0.25) is 0 Å². The largest absolute Gasteiger partial charge is 0.495 e. The van der Waals surface area contributed by atoms with Crippen molar-refractivity contribution in [1.82, 2.24) is 0 Å². The van der Waals surface area contributed by atoms with Crippen LogP contribution < -0.4 is 4.74 Å². The molecule has 1 rings (SSSR count). The molecule has 0 amide bonds. The van der Waals surface area contributed by atoms with Crippen molar-refractivity contribution in [2.45, 2.75) is 19.3 Å². The van der Waals surface area contributed by atoms with Crippen molar-refractivity contribution in [1.29, 1.82) is 0 Å². The summed E-state index contributed by atoms with van der Waals surface area (Å²) in [7, 11) is 1.63. The molecule has 0 saturated carbocycles. The Labute approximate surface area is 107 Å². The van der Waals surface area contributed by atoms with Crippen LogP contribution in [0.2, 0.25) is 0 Å². The van der Waals surface area contributed by atoms with E-state index in [1.807, 2.05) is 26.0 Å². The van der Waals surface area contributed by atoms with Crippen LogP contribution in [0, 0.1) is 0 Å². The molecule has 0 aliphatic carbocycles. The smallest absolute Gasteiger partial charge is 0.136 e. The normalized spacial score (nSPS) is 11.6. The van der Waals surface area contributed by atoms with E-state index in [4.69, 9.17) is 4.74 Å². The van der Waals surface area contributed by atoms with E-state index in [0.717, 1.165) is 20.3 Å². The molecule has 0 heterocycles. The molecule has 1 N–H and O–H groups in total. The second-order valence-corrected chi connectivity index (χ2v) is 5.78. The molecule has 1 aromatic carbocycles. The minimum absolute atomic E-state index is 0.0756. The molecule has 0 aromatic heterocycles. The first-order valence-electron chi connectivity index (χ1n) is 4.56. The Balaban J connectivity index is 3.39. The summed E-state index contributed by atoms with van der Waals surface area (Å²) in [6, 6.07) is 3.90. The molecule has 84 valence electrons. The quantitative estimate of drug-likeness (QED) is 0.914. The lowest BCUT2D eigenvalue weighted by atomic mass is 9.85. The van der Waals surface area contributed by atoms with Gasteiger partial charge >= 0.3 is 0 Å². The predicted octanol–water partition coefficient (Wildman–Crippen LogP) is 3.49. The predicted molar refractivity (Wildman–Crippen MR) is 68.5 cm³/mol. The van der Waals surface area contributed by atoms with Crippen LogP contribution in [0.25, 0.3) is 0 Å². The standard InChI is InChI=1S/C11H14Br2O2/c1-11(2,6-14)8-4-7(12)5-9(13)10(8)15-3/h4-5,14H,6H2,1-3H3. The maximum absolute atomic E-state index is 9.36. The number of ether oxygens (including phenoxy) is 1. The molecule has 0 fully saturated rings. The van der Waals surface area contributed by atoms with Crippen LogP contribution in [0.5, 0.6) is 5.75 Å². The van der Waals surface area contributed by atoms with Crippen molar-refractivity contribution in [3.63, 3.8) is 0 Å². The van der Waals surface area contributed by atoms with Crippen molar-refractivity contribution in [2.24, 2.45) is 0 Å². The van der Waals surface area contributed by atoms with E-state index in [9.17, 15) is 5.11 Å². The maximum atomic E-state index is 9.36. The molecule has 0 aliphatic rings. The first-order valence-corrected chi connectivity index (χ1v) is 6.15. The van der Waals surface area contributed by atoms with Crippen molar-refractivity contribution in [3.8, 4) is 5.75 Å². The van der Waals surface area contributed by atoms with Crippen LogP contribution >= 0.6 is 31.9 Å². The number of aliphatic hydroxyl groups is 1. The zero-order chi connectivity index (χ0) is 11.6. The third kappa shape index (κ3) is 2.74. The number of hydrogen-bond acceptors (Lipinski definition) is 2. The van der Waals surface area contributed by atoms with E-state index in [0.29, 0.717) is 0 Å². The zero-order valence-electron chi connectivity index (χ0n) is 8.97. The first kappa shape index (κ1) is 13.0. The molecular weight excluding hydrogens is 324 g/mol. The van der Waals surface area contributed by atoms with Gasteiger partial charge in [-0.1, -0.05) is 29.8 Å². The lowest BCUT2D eigenvalue weighted by Crippen LogP contribution is -2.23. The summed E-state index contributed by atoms with van der Waals surface area (Å²) >= 11 is 6.87. The third-order valence-corrected chi connectivity index (χ3v) is 3.38. The van der Waals surface area contributed by atoms with Crippen LogP contribution in [0.1, 0.15) is 19.4 Å². The maximum Gasteiger partial charge on any atom is 0.136 e. The summed E-state index contributed by atoms with van der Waals surface area (Å²) in [6.45, 7) is 4.03. The molecule has 2 nitrogen and oxygen atoms in total. The van der Waals surface area contributed by atoms with E-state index in [1.54, 1.807) is 7.11 Å². The fourth-order valence-electron chi connectivity index (χ4n) is 1.36. The minimum atomic E-state index is -0.322. The van der Waals surface area contributed by atoms with E-state index in [-0.39, 0.29) is 12.0 Å². The number of rotatable bonds is 3. The molecular formula is C11H14Br2O2. The van der Waals surface area contributed by atoms with Gasteiger partial charge < -0.3 is 9.84 Å². The molecule has 0 radical (unpaired) electrons. The van der Waals surface area contributed by atoms with Crippen molar-refractivity contribution < 1.29 is 9.84 Å². The van der Waals surface area contributed by atoms with Gasteiger partial charge in [-0.2, -0.15) is 0 Å². The number of benzene rings is 1. The Bertz CT molecular complexity index is 362. The third-order valence-electron chi connectivity index (χ3n) is 2.34. The van der Waals surface area contributed by atoms with Crippen molar-refractivity contribution in [3.05, 3.63) is 26.6 Å². The van der Waals surface area contributed by atoms with E-state index < -0.39 is 0 Å². The molecule has 0 saturated heterocycles. The highest BCUT2D eigenvalue weighted by Crippen LogP contribution is 2.39. The van der Waals surface area contributed by atoms with Crippen LogP contribution in [-0.4, -0.2) is 18.8 Å². The van der Waals surface area contributed by atoms with E-state index in [2.05, 4.69) is 31.9 Å². The summed E-state index contributed by atoms with van der Waals surface area (Å²) in [6.07, 6.45) is 0. The summed E-state index contributed by atoms with van der Waals surface area (Å²) in [5.74, 6) is 0.775. The summed E-state index contributed by atoms with van der Waals surface area (Å²) in [4.78, 5) is 0. The molecule has 0 aliphatic heterocycles. The summed E-state index contributed by atoms with van der Waals surface area (Å²) in [5.41, 5.74) is 0.659. The fraction of sp³-hybridized carbons (Fsp3) is 0.455. The zero-order valence-corrected chi connectivity index (χ0v) is 12.1. The van der Waals surface area contributed by atoms with Gasteiger partial charge in [0.15, 0.2) is 0 Å². The number of hydrogen-bond donors (Lipinski definition) is 1. The molecule has 0 bridgehead atoms. The molecule has 4 heteroatoms. The Morgan fingerprint density at radius 3 is 2.40 bits per heavy atom. The second-order valence-electron chi connectivity index (χ2n) is 4.01. The van der Waals surface area contributed by atoms with Gasteiger partial charge in [-0.05, 0) is 28.1 Å². The van der Waals surface area contributed by atoms with Gasteiger partial charge in [0, 0.05) is 15.5 Å². The van der Waals surface area contributed by atoms with Gasteiger partial charge in [-0.25, -0.2) is 0 Å². The fourth-order valence-corrected chi connectivity index (χ4v) is 2.74. The SMILES string of the molecule is COc1c(Br)cc(Br)cc1C(C)(C)CO. The average molecular weight is 338 g/mol. The minimum Gasteiger partial charge on any atom is -0.495 e. The van der Waals surface area contributed by atoms with Crippen LogP contribution in [-0.2, 0) is 5.41 Å². The Morgan fingerprint density at radius 1 is 1.33 bits per heavy atom. The molecule has 15 heavy (non-hydrogen) atoms. The summed E-state index contributed by atoms with van der Waals surface area (Å²) < 4.78 is 7.19. The molecule has 0 spiro atoms. The molecule has 0 unspecified atom stereocenters. The van der Waals surface area contributed by atoms with Crippen LogP contribution in [0.15, 0.2) is 21.1 Å². The van der Waals surface area contributed by atoms with Crippen LogP contribution in [0.4, 0.5) is 0 Å². The van der Waals surface area contributed by atoms with Gasteiger partial charge in [-0.15, -0.1) is 0 Å². The van der Waals surface area contributed by atoms with Gasteiger partial charge in [0.1, 0.15) is 5.75 Å². The number of halogens is 2. The molecule has 1 aromatic rings. The average Bonchev–Trinajstić information content (AvgIpc) is 2.16. The highest BCUT2D eigenvalue weighted by molar-refractivity contribution is 9.11. The Hall–Kier alpha value is -0.0600. The monoisotopic (exact) mass is 336 g/mol. The lowest BCUT2D eigenvalue weighted by molar-refractivity contribution is 0.214. The van der Waals surface area contributed by atoms with Gasteiger partial charge in [0.05, 0.1) is 18.2 Å². The lowest BCUT2D eigenvalue weighted by Gasteiger charge is -2.25. The second kappa shape index (κ2) is 4.85.